The Balaban J connectivity index is 1.95. The van der Waals surface area contributed by atoms with Gasteiger partial charge in [0.2, 0.25) is 0 Å². The van der Waals surface area contributed by atoms with Crippen LogP contribution in [0.4, 0.5) is 4.39 Å². The fourth-order valence-electron chi connectivity index (χ4n) is 2.14. The van der Waals surface area contributed by atoms with Gasteiger partial charge in [0.15, 0.2) is 0 Å². The van der Waals surface area contributed by atoms with Crippen LogP contribution in [0, 0.1) is 5.82 Å². The number of nitrogens with zero attached hydrogens (tertiary/aromatic N) is 1. The van der Waals surface area contributed by atoms with E-state index in [0.717, 1.165) is 0 Å². The van der Waals surface area contributed by atoms with Gasteiger partial charge < -0.3 is 10.6 Å². The van der Waals surface area contributed by atoms with Gasteiger partial charge in [-0.05, 0) is 44.0 Å². The number of amides is 2. The zero-order valence-corrected chi connectivity index (χ0v) is 13.7. The molecule has 0 bridgehead atoms. The molecule has 5 nitrogen and oxygen atoms in total. The van der Waals surface area contributed by atoms with E-state index in [9.17, 15) is 14.0 Å². The average molecular weight is 329 g/mol. The Morgan fingerprint density at radius 3 is 2.62 bits per heavy atom. The molecule has 0 saturated heterocycles. The lowest BCUT2D eigenvalue weighted by molar-refractivity contribution is 0.0943. The summed E-state index contributed by atoms with van der Waals surface area (Å²) < 4.78 is 13.5. The number of pyridine rings is 1. The molecule has 2 aromatic rings. The number of hydrogen-bond acceptors (Lipinski definition) is 3. The van der Waals surface area contributed by atoms with E-state index in [1.807, 2.05) is 13.8 Å². The van der Waals surface area contributed by atoms with Crippen LogP contribution in [-0.4, -0.2) is 29.4 Å². The molecular formula is C18H20FN3O2. The van der Waals surface area contributed by atoms with Gasteiger partial charge in [0, 0.05) is 24.3 Å². The number of nitrogens with one attached hydrogen (secondary N) is 2. The molecule has 0 unspecified atom stereocenters. The molecule has 2 amide bonds. The average Bonchev–Trinajstić information content (AvgIpc) is 2.56. The summed E-state index contributed by atoms with van der Waals surface area (Å²) >= 11 is 0. The Morgan fingerprint density at radius 2 is 1.92 bits per heavy atom. The van der Waals surface area contributed by atoms with E-state index < -0.39 is 5.91 Å². The van der Waals surface area contributed by atoms with Crippen LogP contribution in [0.15, 0.2) is 42.6 Å². The van der Waals surface area contributed by atoms with Crippen LogP contribution in [0.5, 0.6) is 0 Å². The molecule has 0 radical (unpaired) electrons. The molecule has 0 spiro atoms. The van der Waals surface area contributed by atoms with Crippen LogP contribution >= 0.6 is 0 Å². The van der Waals surface area contributed by atoms with Crippen molar-refractivity contribution in [2.45, 2.75) is 26.3 Å². The Kier molecular flexibility index (Phi) is 6.01. The molecule has 24 heavy (non-hydrogen) atoms. The minimum Gasteiger partial charge on any atom is -0.350 e. The SMILES string of the molecule is CC(C)NC(=O)c1ccnc(C(=O)NCCc2ccccc2F)c1. The number of rotatable bonds is 6. The molecule has 0 aliphatic carbocycles. The second kappa shape index (κ2) is 8.19. The first kappa shape index (κ1) is 17.6. The Labute approximate surface area is 140 Å². The van der Waals surface area contributed by atoms with E-state index >= 15 is 0 Å². The Bertz CT molecular complexity index is 732. The Morgan fingerprint density at radius 1 is 1.17 bits per heavy atom. The monoisotopic (exact) mass is 329 g/mol. The van der Waals surface area contributed by atoms with Gasteiger partial charge in [0.05, 0.1) is 0 Å². The quantitative estimate of drug-likeness (QED) is 0.854. The Hall–Kier alpha value is -2.76. The van der Waals surface area contributed by atoms with E-state index in [2.05, 4.69) is 15.6 Å². The largest absolute Gasteiger partial charge is 0.350 e. The normalized spacial score (nSPS) is 10.5. The second-order valence-electron chi connectivity index (χ2n) is 5.66. The zero-order chi connectivity index (χ0) is 17.5. The highest BCUT2D eigenvalue weighted by Gasteiger charge is 2.12. The summed E-state index contributed by atoms with van der Waals surface area (Å²) in [6.07, 6.45) is 1.80. The summed E-state index contributed by atoms with van der Waals surface area (Å²) in [5.74, 6) is -0.949. The second-order valence-corrected chi connectivity index (χ2v) is 5.66. The van der Waals surface area contributed by atoms with Gasteiger partial charge in [0.25, 0.3) is 11.8 Å². The summed E-state index contributed by atoms with van der Waals surface area (Å²) in [6.45, 7) is 3.99. The molecule has 2 rings (SSSR count). The van der Waals surface area contributed by atoms with Crippen LogP contribution in [-0.2, 0) is 6.42 Å². The maximum atomic E-state index is 13.5. The number of carbonyl (C=O) groups excluding carboxylic acids is 2. The lowest BCUT2D eigenvalue weighted by atomic mass is 10.1. The topological polar surface area (TPSA) is 71.1 Å². The van der Waals surface area contributed by atoms with Crippen molar-refractivity contribution >= 4 is 11.8 Å². The van der Waals surface area contributed by atoms with Crippen molar-refractivity contribution in [3.63, 3.8) is 0 Å². The van der Waals surface area contributed by atoms with Crippen molar-refractivity contribution in [3.8, 4) is 0 Å². The molecule has 2 N–H and O–H groups in total. The summed E-state index contributed by atoms with van der Waals surface area (Å²) in [7, 11) is 0. The van der Waals surface area contributed by atoms with Crippen molar-refractivity contribution < 1.29 is 14.0 Å². The van der Waals surface area contributed by atoms with Crippen LogP contribution in [0.3, 0.4) is 0 Å². The summed E-state index contributed by atoms with van der Waals surface area (Å²) in [5, 5.41) is 5.44. The van der Waals surface area contributed by atoms with Crippen LogP contribution in [0.1, 0.15) is 40.3 Å². The van der Waals surface area contributed by atoms with Crippen molar-refractivity contribution in [3.05, 3.63) is 65.2 Å². The number of carbonyl (C=O) groups is 2. The molecule has 0 saturated carbocycles. The van der Waals surface area contributed by atoms with Gasteiger partial charge in [0.1, 0.15) is 11.5 Å². The molecule has 126 valence electrons. The van der Waals surface area contributed by atoms with Gasteiger partial charge in [-0.15, -0.1) is 0 Å². The predicted octanol–water partition coefficient (Wildman–Crippen LogP) is 2.33. The van der Waals surface area contributed by atoms with Crippen LogP contribution in [0.25, 0.3) is 0 Å². The first-order chi connectivity index (χ1) is 11.5. The molecule has 0 aliphatic rings. The highest BCUT2D eigenvalue weighted by Crippen LogP contribution is 2.07. The number of benzene rings is 1. The number of halogens is 1. The third-order valence-electron chi connectivity index (χ3n) is 3.31. The summed E-state index contributed by atoms with van der Waals surface area (Å²) in [4.78, 5) is 28.0. The van der Waals surface area contributed by atoms with Crippen LogP contribution < -0.4 is 10.6 Å². The molecule has 1 aromatic heterocycles. The van der Waals surface area contributed by atoms with E-state index in [0.29, 0.717) is 17.5 Å². The van der Waals surface area contributed by atoms with E-state index in [4.69, 9.17) is 0 Å². The highest BCUT2D eigenvalue weighted by molar-refractivity contribution is 5.98. The molecule has 1 heterocycles. The lowest BCUT2D eigenvalue weighted by Gasteiger charge is -2.09. The third kappa shape index (κ3) is 4.87. The van der Waals surface area contributed by atoms with Crippen molar-refractivity contribution in [1.82, 2.24) is 15.6 Å². The van der Waals surface area contributed by atoms with Crippen LogP contribution in [0.2, 0.25) is 0 Å². The smallest absolute Gasteiger partial charge is 0.269 e. The van der Waals surface area contributed by atoms with E-state index in [1.165, 1.54) is 18.3 Å². The molecule has 0 atom stereocenters. The van der Waals surface area contributed by atoms with Gasteiger partial charge in [-0.1, -0.05) is 18.2 Å². The molecule has 0 aliphatic heterocycles. The fourth-order valence-corrected chi connectivity index (χ4v) is 2.14. The van der Waals surface area contributed by atoms with Gasteiger partial charge in [-0.25, -0.2) is 4.39 Å². The number of aromatic nitrogens is 1. The van der Waals surface area contributed by atoms with Crippen molar-refractivity contribution in [2.24, 2.45) is 0 Å². The minimum absolute atomic E-state index is 0.00344. The van der Waals surface area contributed by atoms with E-state index in [1.54, 1.807) is 24.3 Å². The van der Waals surface area contributed by atoms with Crippen molar-refractivity contribution in [2.75, 3.05) is 6.54 Å². The molecule has 0 fully saturated rings. The lowest BCUT2D eigenvalue weighted by Crippen LogP contribution is -2.31. The maximum Gasteiger partial charge on any atom is 0.269 e. The standard InChI is InChI=1S/C18H20FN3O2/c1-12(2)22-17(23)14-8-9-20-16(11-14)18(24)21-10-7-13-5-3-4-6-15(13)19/h3-6,8-9,11-12H,7,10H2,1-2H3,(H,21,24)(H,22,23). The molecule has 6 heteroatoms. The first-order valence-corrected chi connectivity index (χ1v) is 7.76. The van der Waals surface area contributed by atoms with Gasteiger partial charge in [-0.3, -0.25) is 14.6 Å². The van der Waals surface area contributed by atoms with Gasteiger partial charge >= 0.3 is 0 Å². The maximum absolute atomic E-state index is 13.5. The van der Waals surface area contributed by atoms with Crippen molar-refractivity contribution in [1.29, 1.82) is 0 Å². The molecule has 1 aromatic carbocycles. The molecular weight excluding hydrogens is 309 g/mol. The third-order valence-corrected chi connectivity index (χ3v) is 3.31. The predicted molar refractivity (Wildman–Crippen MR) is 89.3 cm³/mol. The fraction of sp³-hybridized carbons (Fsp3) is 0.278. The highest BCUT2D eigenvalue weighted by atomic mass is 19.1. The summed E-state index contributed by atoms with van der Waals surface area (Å²) in [6, 6.07) is 9.42. The summed E-state index contributed by atoms with van der Waals surface area (Å²) in [5.41, 5.74) is 1.06. The van der Waals surface area contributed by atoms with E-state index in [-0.39, 0.29) is 30.0 Å². The zero-order valence-electron chi connectivity index (χ0n) is 13.7. The minimum atomic E-state index is -0.398. The van der Waals surface area contributed by atoms with Gasteiger partial charge in [-0.2, -0.15) is 0 Å². The first-order valence-electron chi connectivity index (χ1n) is 7.76. The number of hydrogen-bond donors (Lipinski definition) is 2.